The fourth-order valence-electron chi connectivity index (χ4n) is 2.32. The summed E-state index contributed by atoms with van der Waals surface area (Å²) in [5.41, 5.74) is 2.04. The number of anilines is 1. The van der Waals surface area contributed by atoms with Crippen LogP contribution >= 0.6 is 23.2 Å². The molecule has 0 spiro atoms. The van der Waals surface area contributed by atoms with Crippen molar-refractivity contribution >= 4 is 45.8 Å². The summed E-state index contributed by atoms with van der Waals surface area (Å²) in [7, 11) is 0. The Kier molecular flexibility index (Phi) is 4.35. The summed E-state index contributed by atoms with van der Waals surface area (Å²) in [6.45, 7) is 3.59. The highest BCUT2D eigenvalue weighted by Gasteiger charge is 2.15. The van der Waals surface area contributed by atoms with E-state index >= 15 is 0 Å². The predicted molar refractivity (Wildman–Crippen MR) is 96.4 cm³/mol. The summed E-state index contributed by atoms with van der Waals surface area (Å²) < 4.78 is 5.58. The van der Waals surface area contributed by atoms with E-state index in [1.165, 1.54) is 0 Å². The van der Waals surface area contributed by atoms with Gasteiger partial charge >= 0.3 is 0 Å². The second kappa shape index (κ2) is 6.30. The number of aryl methyl sites for hydroxylation is 1. The Labute approximate surface area is 148 Å². The number of halogens is 2. The lowest BCUT2D eigenvalue weighted by molar-refractivity contribution is 0.0997. The van der Waals surface area contributed by atoms with Gasteiger partial charge in [-0.1, -0.05) is 29.3 Å². The highest BCUT2D eigenvalue weighted by molar-refractivity contribution is 6.32. The second-order valence-corrected chi connectivity index (χ2v) is 6.25. The zero-order chi connectivity index (χ0) is 17.4. The van der Waals surface area contributed by atoms with Crippen molar-refractivity contribution in [1.82, 2.24) is 0 Å². The number of carbonyl (C=O) groups is 1. The van der Waals surface area contributed by atoms with Crippen LogP contribution < -0.4 is 10.7 Å². The number of nitrogens with one attached hydrogen (secondary N) is 1. The first-order chi connectivity index (χ1) is 11.4. The second-order valence-electron chi connectivity index (χ2n) is 5.44. The maximum atomic E-state index is 12.4. The third-order valence-electron chi connectivity index (χ3n) is 3.75. The number of rotatable bonds is 2. The van der Waals surface area contributed by atoms with E-state index in [-0.39, 0.29) is 11.2 Å². The SMILES string of the molecule is Cc1cc2oc(C(=O)Nc3cccc(Cl)c3C)cc(=O)c2cc1Cl. The Balaban J connectivity index is 2.03. The maximum absolute atomic E-state index is 12.4. The minimum atomic E-state index is -0.521. The van der Waals surface area contributed by atoms with Crippen molar-refractivity contribution in [1.29, 1.82) is 0 Å². The van der Waals surface area contributed by atoms with Gasteiger partial charge in [-0.25, -0.2) is 0 Å². The van der Waals surface area contributed by atoms with Crippen LogP contribution in [0.25, 0.3) is 11.0 Å². The fourth-order valence-corrected chi connectivity index (χ4v) is 2.65. The number of hydrogen-bond donors (Lipinski definition) is 1. The summed E-state index contributed by atoms with van der Waals surface area (Å²) in [4.78, 5) is 24.6. The molecule has 3 rings (SSSR count). The number of fused-ring (bicyclic) bond motifs is 1. The molecule has 6 heteroatoms. The van der Waals surface area contributed by atoms with E-state index in [9.17, 15) is 9.59 Å². The average molecular weight is 362 g/mol. The summed E-state index contributed by atoms with van der Waals surface area (Å²) in [6.07, 6.45) is 0. The lowest BCUT2D eigenvalue weighted by Gasteiger charge is -2.09. The molecule has 24 heavy (non-hydrogen) atoms. The van der Waals surface area contributed by atoms with Gasteiger partial charge in [0.05, 0.1) is 5.39 Å². The normalized spacial score (nSPS) is 10.8. The average Bonchev–Trinajstić information content (AvgIpc) is 2.53. The molecule has 1 aromatic heterocycles. The third-order valence-corrected chi connectivity index (χ3v) is 4.56. The van der Waals surface area contributed by atoms with Gasteiger partial charge in [-0.05, 0) is 49.2 Å². The van der Waals surface area contributed by atoms with Gasteiger partial charge in [0.15, 0.2) is 11.2 Å². The summed E-state index contributed by atoms with van der Waals surface area (Å²) in [6, 6.07) is 9.52. The van der Waals surface area contributed by atoms with E-state index in [1.54, 1.807) is 44.2 Å². The minimum absolute atomic E-state index is 0.0754. The Hall–Kier alpha value is -2.30. The van der Waals surface area contributed by atoms with Crippen molar-refractivity contribution in [3.8, 4) is 0 Å². The molecule has 0 bridgehead atoms. The molecule has 0 aliphatic carbocycles. The van der Waals surface area contributed by atoms with Gasteiger partial charge in [0.2, 0.25) is 0 Å². The smallest absolute Gasteiger partial charge is 0.291 e. The van der Waals surface area contributed by atoms with Crippen molar-refractivity contribution < 1.29 is 9.21 Å². The lowest BCUT2D eigenvalue weighted by atomic mass is 10.1. The topological polar surface area (TPSA) is 59.3 Å². The summed E-state index contributed by atoms with van der Waals surface area (Å²) >= 11 is 12.1. The van der Waals surface area contributed by atoms with E-state index in [1.807, 2.05) is 0 Å². The Morgan fingerprint density at radius 1 is 1.08 bits per heavy atom. The zero-order valence-electron chi connectivity index (χ0n) is 12.9. The molecule has 1 N–H and O–H groups in total. The first-order valence-corrected chi connectivity index (χ1v) is 7.93. The molecule has 0 radical (unpaired) electrons. The molecule has 0 fully saturated rings. The predicted octanol–water partition coefficient (Wildman–Crippen LogP) is 4.97. The molecule has 0 saturated carbocycles. The van der Waals surface area contributed by atoms with E-state index in [4.69, 9.17) is 27.6 Å². The lowest BCUT2D eigenvalue weighted by Crippen LogP contribution is -2.15. The maximum Gasteiger partial charge on any atom is 0.291 e. The van der Waals surface area contributed by atoms with Crippen LogP contribution in [0.15, 0.2) is 45.6 Å². The van der Waals surface area contributed by atoms with Crippen LogP contribution in [-0.2, 0) is 0 Å². The van der Waals surface area contributed by atoms with Crippen LogP contribution in [0.2, 0.25) is 10.0 Å². The highest BCUT2D eigenvalue weighted by atomic mass is 35.5. The van der Waals surface area contributed by atoms with Crippen LogP contribution in [0.1, 0.15) is 21.7 Å². The monoisotopic (exact) mass is 361 g/mol. The molecule has 2 aromatic carbocycles. The molecular formula is C18H13Cl2NO3. The number of amides is 1. The van der Waals surface area contributed by atoms with E-state index in [0.717, 1.165) is 17.2 Å². The minimum Gasteiger partial charge on any atom is -0.451 e. The standard InChI is InChI=1S/C18H13Cl2NO3/c1-9-6-16-11(7-13(9)20)15(22)8-17(24-16)18(23)21-14-5-3-4-12(19)10(14)2/h3-8H,1-2H3,(H,21,23). The van der Waals surface area contributed by atoms with Crippen LogP contribution in [0.5, 0.6) is 0 Å². The van der Waals surface area contributed by atoms with Crippen LogP contribution in [-0.4, -0.2) is 5.91 Å². The molecule has 0 unspecified atom stereocenters. The Bertz CT molecular complexity index is 1020. The van der Waals surface area contributed by atoms with E-state index in [2.05, 4.69) is 5.32 Å². The summed E-state index contributed by atoms with van der Waals surface area (Å²) in [5.74, 6) is -0.597. The first kappa shape index (κ1) is 16.6. The fraction of sp³-hybridized carbons (Fsp3) is 0.111. The third kappa shape index (κ3) is 3.03. The first-order valence-electron chi connectivity index (χ1n) is 7.17. The van der Waals surface area contributed by atoms with Gasteiger partial charge in [0, 0.05) is 21.8 Å². The molecule has 0 aliphatic rings. The Morgan fingerprint density at radius 2 is 1.83 bits per heavy atom. The van der Waals surface area contributed by atoms with Gasteiger partial charge in [-0.3, -0.25) is 9.59 Å². The molecule has 122 valence electrons. The van der Waals surface area contributed by atoms with Gasteiger partial charge in [0.25, 0.3) is 5.91 Å². The number of carbonyl (C=O) groups excluding carboxylic acids is 1. The van der Waals surface area contributed by atoms with E-state index < -0.39 is 5.91 Å². The molecule has 1 heterocycles. The molecule has 4 nitrogen and oxygen atoms in total. The Morgan fingerprint density at radius 3 is 2.58 bits per heavy atom. The largest absolute Gasteiger partial charge is 0.451 e. The molecular weight excluding hydrogens is 349 g/mol. The van der Waals surface area contributed by atoms with Gasteiger partial charge in [0.1, 0.15) is 5.58 Å². The van der Waals surface area contributed by atoms with Crippen molar-refractivity contribution in [2.45, 2.75) is 13.8 Å². The van der Waals surface area contributed by atoms with Gasteiger partial charge < -0.3 is 9.73 Å². The van der Waals surface area contributed by atoms with Crippen LogP contribution in [0.4, 0.5) is 5.69 Å². The summed E-state index contributed by atoms with van der Waals surface area (Å²) in [5, 5.41) is 4.05. The van der Waals surface area contributed by atoms with Crippen LogP contribution in [0, 0.1) is 13.8 Å². The van der Waals surface area contributed by atoms with Gasteiger partial charge in [-0.15, -0.1) is 0 Å². The molecule has 0 saturated heterocycles. The molecule has 1 amide bonds. The van der Waals surface area contributed by atoms with Crippen molar-refractivity contribution in [2.75, 3.05) is 5.32 Å². The van der Waals surface area contributed by atoms with E-state index in [0.29, 0.717) is 26.7 Å². The molecule has 0 aliphatic heterocycles. The number of hydrogen-bond acceptors (Lipinski definition) is 3. The van der Waals surface area contributed by atoms with Crippen molar-refractivity contribution in [3.63, 3.8) is 0 Å². The number of benzene rings is 2. The quantitative estimate of drug-likeness (QED) is 0.700. The van der Waals surface area contributed by atoms with Crippen LogP contribution in [0.3, 0.4) is 0 Å². The zero-order valence-corrected chi connectivity index (χ0v) is 14.5. The molecule has 3 aromatic rings. The van der Waals surface area contributed by atoms with Gasteiger partial charge in [-0.2, -0.15) is 0 Å². The van der Waals surface area contributed by atoms with Crippen molar-refractivity contribution in [3.05, 3.63) is 73.6 Å². The van der Waals surface area contributed by atoms with Crippen molar-refractivity contribution in [2.24, 2.45) is 0 Å². The highest BCUT2D eigenvalue weighted by Crippen LogP contribution is 2.25. The molecule has 0 atom stereocenters.